The average Bonchev–Trinajstić information content (AvgIpc) is 2.15. The fourth-order valence-corrected chi connectivity index (χ4v) is 1.96. The Balaban J connectivity index is 2.61. The van der Waals surface area contributed by atoms with E-state index in [0.29, 0.717) is 17.6 Å². The third-order valence-corrected chi connectivity index (χ3v) is 3.01. The van der Waals surface area contributed by atoms with Crippen molar-refractivity contribution in [1.82, 2.24) is 0 Å². The van der Waals surface area contributed by atoms with Gasteiger partial charge in [-0.1, -0.05) is 18.2 Å². The Kier molecular flexibility index (Phi) is 1.81. The summed E-state index contributed by atoms with van der Waals surface area (Å²) in [7, 11) is 0. The van der Waals surface area contributed by atoms with Gasteiger partial charge in [-0.3, -0.25) is 9.59 Å². The van der Waals surface area contributed by atoms with Gasteiger partial charge in [-0.15, -0.1) is 0 Å². The first-order chi connectivity index (χ1) is 6.55. The van der Waals surface area contributed by atoms with E-state index in [1.807, 2.05) is 19.1 Å². The van der Waals surface area contributed by atoms with E-state index in [4.69, 9.17) is 0 Å². The van der Waals surface area contributed by atoms with Crippen LogP contribution in [0.15, 0.2) is 35.5 Å². The van der Waals surface area contributed by atoms with Crippen LogP contribution < -0.4 is 0 Å². The molecule has 0 spiro atoms. The smallest absolute Gasteiger partial charge is 0.185 e. The Morgan fingerprint density at radius 1 is 1.36 bits per heavy atom. The first-order valence-electron chi connectivity index (χ1n) is 4.70. The summed E-state index contributed by atoms with van der Waals surface area (Å²) in [5, 5.41) is 0. The van der Waals surface area contributed by atoms with Crippen LogP contribution in [0.25, 0.3) is 0 Å². The Hall–Kier alpha value is -1.44. The highest BCUT2D eigenvalue weighted by atomic mass is 16.1. The minimum absolute atomic E-state index is 0.0106. The lowest BCUT2D eigenvalue weighted by Gasteiger charge is -2.33. The van der Waals surface area contributed by atoms with Crippen LogP contribution >= 0.6 is 0 Å². The molecule has 0 saturated heterocycles. The molecule has 2 heteroatoms. The maximum atomic E-state index is 11.8. The van der Waals surface area contributed by atoms with Crippen molar-refractivity contribution >= 4 is 11.6 Å². The van der Waals surface area contributed by atoms with Gasteiger partial charge in [0, 0.05) is 11.1 Å². The summed E-state index contributed by atoms with van der Waals surface area (Å²) in [4.78, 5) is 23.6. The molecule has 0 N–H and O–H groups in total. The Labute approximate surface area is 83.0 Å². The monoisotopic (exact) mass is 188 g/mol. The van der Waals surface area contributed by atoms with Crippen LogP contribution in [0.5, 0.6) is 0 Å². The Morgan fingerprint density at radius 2 is 2.07 bits per heavy atom. The standard InChI is InChI=1S/C12H12O2/c1-8-7-10(13)12(2)6-4-3-5-9(12)11(8)14/h3-5,7H,6H2,1-2H3/t12-/m0/s1. The molecule has 72 valence electrons. The van der Waals surface area contributed by atoms with Gasteiger partial charge in [0.15, 0.2) is 11.6 Å². The molecule has 0 radical (unpaired) electrons. The van der Waals surface area contributed by atoms with Crippen molar-refractivity contribution < 1.29 is 9.59 Å². The lowest BCUT2D eigenvalue weighted by atomic mass is 9.67. The molecule has 0 fully saturated rings. The molecule has 0 aromatic rings. The zero-order valence-electron chi connectivity index (χ0n) is 8.33. The zero-order valence-corrected chi connectivity index (χ0v) is 8.33. The normalized spacial score (nSPS) is 31.0. The molecule has 2 aliphatic carbocycles. The fourth-order valence-electron chi connectivity index (χ4n) is 1.96. The molecule has 2 rings (SSSR count). The summed E-state index contributed by atoms with van der Waals surface area (Å²) in [6.07, 6.45) is 7.65. The summed E-state index contributed by atoms with van der Waals surface area (Å²) >= 11 is 0. The Morgan fingerprint density at radius 3 is 2.79 bits per heavy atom. The number of hydrogen-bond donors (Lipinski definition) is 0. The number of fused-ring (bicyclic) bond motifs is 1. The molecule has 1 atom stereocenters. The third kappa shape index (κ3) is 1.03. The van der Waals surface area contributed by atoms with Crippen molar-refractivity contribution in [3.05, 3.63) is 35.5 Å². The van der Waals surface area contributed by atoms with E-state index in [9.17, 15) is 9.59 Å². The summed E-state index contributed by atoms with van der Waals surface area (Å²) < 4.78 is 0. The number of Topliss-reactive ketones (excluding diaryl/α,β-unsaturated/α-hetero) is 1. The van der Waals surface area contributed by atoms with E-state index in [1.54, 1.807) is 13.0 Å². The molecule has 0 amide bonds. The quantitative estimate of drug-likeness (QED) is 0.582. The number of hydrogen-bond acceptors (Lipinski definition) is 2. The van der Waals surface area contributed by atoms with E-state index >= 15 is 0 Å². The van der Waals surface area contributed by atoms with Crippen LogP contribution in [-0.4, -0.2) is 11.6 Å². The van der Waals surface area contributed by atoms with Crippen molar-refractivity contribution in [2.45, 2.75) is 20.3 Å². The van der Waals surface area contributed by atoms with Crippen molar-refractivity contribution in [1.29, 1.82) is 0 Å². The van der Waals surface area contributed by atoms with Gasteiger partial charge in [0.2, 0.25) is 0 Å². The van der Waals surface area contributed by atoms with Crippen molar-refractivity contribution in [2.24, 2.45) is 5.41 Å². The number of carbonyl (C=O) groups excluding carboxylic acids is 2. The van der Waals surface area contributed by atoms with Gasteiger partial charge < -0.3 is 0 Å². The first-order valence-corrected chi connectivity index (χ1v) is 4.70. The molecular weight excluding hydrogens is 176 g/mol. The molecular formula is C12H12O2. The maximum absolute atomic E-state index is 11.8. The summed E-state index contributed by atoms with van der Waals surface area (Å²) in [6, 6.07) is 0. The topological polar surface area (TPSA) is 34.1 Å². The van der Waals surface area contributed by atoms with Crippen LogP contribution in [0.2, 0.25) is 0 Å². The highest BCUT2D eigenvalue weighted by molar-refractivity contribution is 6.21. The van der Waals surface area contributed by atoms with E-state index < -0.39 is 5.41 Å². The molecule has 0 saturated carbocycles. The largest absolute Gasteiger partial charge is 0.294 e. The molecule has 0 aromatic carbocycles. The predicted octanol–water partition coefficient (Wildman–Crippen LogP) is 1.98. The van der Waals surface area contributed by atoms with Gasteiger partial charge in [-0.25, -0.2) is 0 Å². The number of carbonyl (C=O) groups is 2. The SMILES string of the molecule is CC1=CC(=O)[C@@]2(C)CC=CC=C2C1=O. The number of allylic oxidation sites excluding steroid dienone is 6. The molecule has 0 aromatic heterocycles. The first kappa shape index (κ1) is 9.13. The summed E-state index contributed by atoms with van der Waals surface area (Å²) in [5.41, 5.74) is 0.588. The second kappa shape index (κ2) is 2.77. The average molecular weight is 188 g/mol. The fraction of sp³-hybridized carbons (Fsp3) is 0.333. The molecule has 0 heterocycles. The molecule has 2 aliphatic rings. The number of rotatable bonds is 0. The van der Waals surface area contributed by atoms with Gasteiger partial charge >= 0.3 is 0 Å². The van der Waals surface area contributed by atoms with E-state index in [2.05, 4.69) is 0 Å². The lowest BCUT2D eigenvalue weighted by molar-refractivity contribution is -0.125. The zero-order chi connectivity index (χ0) is 10.3. The van der Waals surface area contributed by atoms with Crippen LogP contribution in [0.3, 0.4) is 0 Å². The van der Waals surface area contributed by atoms with E-state index in [-0.39, 0.29) is 11.6 Å². The van der Waals surface area contributed by atoms with Crippen LogP contribution in [0, 0.1) is 5.41 Å². The van der Waals surface area contributed by atoms with E-state index in [0.717, 1.165) is 0 Å². The Bertz CT molecular complexity index is 410. The molecule has 0 unspecified atom stereocenters. The predicted molar refractivity (Wildman–Crippen MR) is 53.7 cm³/mol. The van der Waals surface area contributed by atoms with Gasteiger partial charge in [0.05, 0.1) is 5.41 Å². The highest BCUT2D eigenvalue weighted by Crippen LogP contribution is 2.40. The van der Waals surface area contributed by atoms with Gasteiger partial charge in [0.25, 0.3) is 0 Å². The second-order valence-corrected chi connectivity index (χ2v) is 4.07. The van der Waals surface area contributed by atoms with Crippen molar-refractivity contribution in [3.63, 3.8) is 0 Å². The van der Waals surface area contributed by atoms with Gasteiger partial charge in [-0.05, 0) is 26.3 Å². The van der Waals surface area contributed by atoms with Crippen LogP contribution in [0.4, 0.5) is 0 Å². The minimum Gasteiger partial charge on any atom is -0.294 e. The minimum atomic E-state index is -0.606. The number of ketones is 2. The second-order valence-electron chi connectivity index (χ2n) is 4.07. The maximum Gasteiger partial charge on any atom is 0.185 e. The molecule has 2 nitrogen and oxygen atoms in total. The van der Waals surface area contributed by atoms with Crippen LogP contribution in [-0.2, 0) is 9.59 Å². The van der Waals surface area contributed by atoms with Crippen molar-refractivity contribution in [2.75, 3.05) is 0 Å². The third-order valence-electron chi connectivity index (χ3n) is 3.01. The van der Waals surface area contributed by atoms with Crippen molar-refractivity contribution in [3.8, 4) is 0 Å². The lowest BCUT2D eigenvalue weighted by Crippen LogP contribution is -2.37. The molecule has 0 bridgehead atoms. The van der Waals surface area contributed by atoms with Gasteiger partial charge in [0.1, 0.15) is 0 Å². The molecule has 0 aliphatic heterocycles. The van der Waals surface area contributed by atoms with Crippen LogP contribution in [0.1, 0.15) is 20.3 Å². The van der Waals surface area contributed by atoms with Gasteiger partial charge in [-0.2, -0.15) is 0 Å². The van der Waals surface area contributed by atoms with E-state index in [1.165, 1.54) is 6.08 Å². The summed E-state index contributed by atoms with van der Waals surface area (Å²) in [6.45, 7) is 3.53. The summed E-state index contributed by atoms with van der Waals surface area (Å²) in [5.74, 6) is 0.0571. The highest BCUT2D eigenvalue weighted by Gasteiger charge is 2.42. The molecule has 14 heavy (non-hydrogen) atoms.